The average molecular weight is 476 g/mol. The highest BCUT2D eigenvalue weighted by molar-refractivity contribution is 9.10. The molecule has 0 spiro atoms. The maximum Gasteiger partial charge on any atom is 0.291 e. The molecule has 0 bridgehead atoms. The molecule has 5 nitrogen and oxygen atoms in total. The predicted molar refractivity (Wildman–Crippen MR) is 123 cm³/mol. The van der Waals surface area contributed by atoms with Crippen LogP contribution in [-0.4, -0.2) is 14.6 Å². The molecule has 0 radical (unpaired) electrons. The Morgan fingerprint density at radius 3 is 2.53 bits per heavy atom. The zero-order chi connectivity index (χ0) is 20.5. The number of hydrogen-bond acceptors (Lipinski definition) is 5. The number of benzene rings is 2. The normalized spacial score (nSPS) is 12.4. The largest absolute Gasteiger partial charge is 0.457 e. The van der Waals surface area contributed by atoms with Crippen LogP contribution in [0.4, 0.5) is 0 Å². The summed E-state index contributed by atoms with van der Waals surface area (Å²) >= 11 is 4.72. The highest BCUT2D eigenvalue weighted by atomic mass is 79.9. The number of thiazole rings is 1. The molecule has 0 aliphatic heterocycles. The lowest BCUT2D eigenvalue weighted by Gasteiger charge is -1.96. The van der Waals surface area contributed by atoms with Gasteiger partial charge >= 0.3 is 0 Å². The van der Waals surface area contributed by atoms with Crippen LogP contribution in [0.2, 0.25) is 0 Å². The van der Waals surface area contributed by atoms with Crippen molar-refractivity contribution in [2.24, 2.45) is 0 Å². The zero-order valence-electron chi connectivity index (χ0n) is 15.5. The van der Waals surface area contributed by atoms with Crippen molar-refractivity contribution in [3.8, 4) is 11.3 Å². The Balaban J connectivity index is 1.44. The smallest absolute Gasteiger partial charge is 0.291 e. The molecule has 0 N–H and O–H groups in total. The second-order valence-corrected chi connectivity index (χ2v) is 8.46. The van der Waals surface area contributed by atoms with Gasteiger partial charge in [0.2, 0.25) is 4.96 Å². The van der Waals surface area contributed by atoms with Gasteiger partial charge in [0.15, 0.2) is 5.82 Å². The summed E-state index contributed by atoms with van der Waals surface area (Å²) in [6.07, 6.45) is 5.45. The number of hydrogen-bond donors (Lipinski definition) is 0. The molecule has 0 saturated carbocycles. The molecule has 0 aliphatic carbocycles. The third-order valence-electron chi connectivity index (χ3n) is 4.45. The number of halogens is 1. The van der Waals surface area contributed by atoms with Gasteiger partial charge in [-0.1, -0.05) is 75.8 Å². The van der Waals surface area contributed by atoms with E-state index in [0.29, 0.717) is 21.1 Å². The van der Waals surface area contributed by atoms with Gasteiger partial charge in [0, 0.05) is 16.1 Å². The monoisotopic (exact) mass is 475 g/mol. The first-order valence-electron chi connectivity index (χ1n) is 9.16. The Bertz CT molecular complexity index is 1460. The van der Waals surface area contributed by atoms with Crippen LogP contribution in [0.3, 0.4) is 0 Å². The quantitative estimate of drug-likeness (QED) is 0.371. The van der Waals surface area contributed by atoms with Crippen molar-refractivity contribution in [3.63, 3.8) is 0 Å². The van der Waals surface area contributed by atoms with Crippen molar-refractivity contribution in [2.45, 2.75) is 0 Å². The summed E-state index contributed by atoms with van der Waals surface area (Å²) in [6.45, 7) is 0. The fourth-order valence-corrected chi connectivity index (χ4v) is 4.14. The van der Waals surface area contributed by atoms with E-state index in [1.807, 2.05) is 72.8 Å². The van der Waals surface area contributed by atoms with E-state index in [-0.39, 0.29) is 5.56 Å². The lowest BCUT2D eigenvalue weighted by Crippen LogP contribution is -2.23. The van der Waals surface area contributed by atoms with Crippen molar-refractivity contribution in [2.75, 3.05) is 0 Å². The molecular formula is C23H14BrN3O2S. The van der Waals surface area contributed by atoms with Crippen molar-refractivity contribution in [1.82, 2.24) is 14.6 Å². The summed E-state index contributed by atoms with van der Waals surface area (Å²) in [5.74, 6) is 1.86. The minimum absolute atomic E-state index is 0.205. The molecule has 0 aliphatic rings. The van der Waals surface area contributed by atoms with Gasteiger partial charge < -0.3 is 4.42 Å². The van der Waals surface area contributed by atoms with Gasteiger partial charge in [-0.25, -0.2) is 0 Å². The van der Waals surface area contributed by atoms with Gasteiger partial charge in [0.1, 0.15) is 16.1 Å². The molecule has 3 heterocycles. The lowest BCUT2D eigenvalue weighted by molar-refractivity contribution is 0.571. The topological polar surface area (TPSA) is 60.4 Å². The molecule has 0 amide bonds. The third kappa shape index (κ3) is 3.77. The summed E-state index contributed by atoms with van der Waals surface area (Å²) < 4.78 is 8.76. The highest BCUT2D eigenvalue weighted by Crippen LogP contribution is 2.24. The molecule has 0 fully saturated rings. The number of furan rings is 1. The SMILES string of the molecule is O=c1c(=Cc2ccc(-c3ccc(Br)cc3)o2)sc2nc(C=Cc3ccccc3)nn12. The van der Waals surface area contributed by atoms with Crippen LogP contribution in [0.5, 0.6) is 0 Å². The summed E-state index contributed by atoms with van der Waals surface area (Å²) in [5.41, 5.74) is 1.81. The number of aromatic nitrogens is 3. The Kier molecular flexibility index (Phi) is 4.90. The van der Waals surface area contributed by atoms with Crippen molar-refractivity contribution < 1.29 is 4.42 Å². The molecular weight excluding hydrogens is 462 g/mol. The Morgan fingerprint density at radius 1 is 0.967 bits per heavy atom. The first kappa shape index (κ1) is 18.7. The lowest BCUT2D eigenvalue weighted by atomic mass is 10.2. The van der Waals surface area contributed by atoms with Gasteiger partial charge in [0.25, 0.3) is 5.56 Å². The van der Waals surface area contributed by atoms with E-state index < -0.39 is 0 Å². The van der Waals surface area contributed by atoms with E-state index in [9.17, 15) is 4.79 Å². The molecule has 7 heteroatoms. The maximum absolute atomic E-state index is 12.7. The Morgan fingerprint density at radius 2 is 1.77 bits per heavy atom. The second-order valence-electron chi connectivity index (χ2n) is 6.53. The first-order chi connectivity index (χ1) is 14.7. The van der Waals surface area contributed by atoms with Crippen LogP contribution in [0.1, 0.15) is 17.1 Å². The molecule has 0 saturated heterocycles. The molecule has 5 rings (SSSR count). The molecule has 3 aromatic heterocycles. The molecule has 2 aromatic carbocycles. The highest BCUT2D eigenvalue weighted by Gasteiger charge is 2.10. The van der Waals surface area contributed by atoms with Gasteiger partial charge in [-0.3, -0.25) is 4.79 Å². The van der Waals surface area contributed by atoms with E-state index in [2.05, 4.69) is 26.0 Å². The van der Waals surface area contributed by atoms with Gasteiger partial charge in [-0.05, 0) is 35.9 Å². The van der Waals surface area contributed by atoms with Gasteiger partial charge in [-0.2, -0.15) is 9.50 Å². The van der Waals surface area contributed by atoms with Gasteiger partial charge in [-0.15, -0.1) is 5.10 Å². The van der Waals surface area contributed by atoms with Crippen LogP contribution < -0.4 is 10.1 Å². The van der Waals surface area contributed by atoms with Crippen molar-refractivity contribution >= 4 is 50.5 Å². The molecule has 0 unspecified atom stereocenters. The third-order valence-corrected chi connectivity index (χ3v) is 5.94. The van der Waals surface area contributed by atoms with Crippen LogP contribution in [0.25, 0.3) is 34.5 Å². The summed E-state index contributed by atoms with van der Waals surface area (Å²) in [5, 5.41) is 4.31. The number of nitrogens with zero attached hydrogens (tertiary/aromatic N) is 3. The van der Waals surface area contributed by atoms with Crippen LogP contribution >= 0.6 is 27.3 Å². The minimum Gasteiger partial charge on any atom is -0.457 e. The molecule has 30 heavy (non-hydrogen) atoms. The van der Waals surface area contributed by atoms with Gasteiger partial charge in [0.05, 0.1) is 0 Å². The maximum atomic E-state index is 12.7. The van der Waals surface area contributed by atoms with Crippen LogP contribution in [0.15, 0.2) is 80.4 Å². The molecule has 5 aromatic rings. The zero-order valence-corrected chi connectivity index (χ0v) is 17.9. The van der Waals surface area contributed by atoms with E-state index in [1.54, 1.807) is 12.2 Å². The summed E-state index contributed by atoms with van der Waals surface area (Å²) in [6, 6.07) is 21.5. The minimum atomic E-state index is -0.205. The Hall–Kier alpha value is -3.29. The standard InChI is InChI=1S/C23H14BrN3O2S/c24-17-9-7-16(8-10-17)19-12-11-18(29-19)14-20-22(28)27-23(30-20)25-21(26-27)13-6-15-4-2-1-3-5-15/h1-14H. The van der Waals surface area contributed by atoms with Crippen LogP contribution in [-0.2, 0) is 0 Å². The number of rotatable bonds is 4. The van der Waals surface area contributed by atoms with Crippen molar-refractivity contribution in [1.29, 1.82) is 0 Å². The van der Waals surface area contributed by atoms with E-state index in [0.717, 1.165) is 21.4 Å². The van der Waals surface area contributed by atoms with E-state index in [1.165, 1.54) is 15.9 Å². The summed E-state index contributed by atoms with van der Waals surface area (Å²) in [4.78, 5) is 17.7. The van der Waals surface area contributed by atoms with E-state index >= 15 is 0 Å². The van der Waals surface area contributed by atoms with Crippen molar-refractivity contribution in [3.05, 3.63) is 103 Å². The molecule has 146 valence electrons. The second kappa shape index (κ2) is 7.85. The fourth-order valence-electron chi connectivity index (χ4n) is 2.98. The Labute approximate surface area is 183 Å². The fraction of sp³-hybridized carbons (Fsp3) is 0. The summed E-state index contributed by atoms with van der Waals surface area (Å²) in [7, 11) is 0. The molecule has 0 atom stereocenters. The van der Waals surface area contributed by atoms with E-state index in [4.69, 9.17) is 4.42 Å². The average Bonchev–Trinajstić information content (AvgIpc) is 3.46. The van der Waals surface area contributed by atoms with Crippen LogP contribution in [0, 0.1) is 0 Å². The predicted octanol–water partition coefficient (Wildman–Crippen LogP) is 4.89. The first-order valence-corrected chi connectivity index (χ1v) is 10.8. The number of fused-ring (bicyclic) bond motifs is 1.